The quantitative estimate of drug-likeness (QED) is 0.687. The molecule has 4 nitrogen and oxygen atoms in total. The van der Waals surface area contributed by atoms with Crippen LogP contribution in [0, 0.1) is 0 Å². The van der Waals surface area contributed by atoms with Crippen LogP contribution >= 0.6 is 0 Å². The summed E-state index contributed by atoms with van der Waals surface area (Å²) in [4.78, 5) is 24.1. The lowest BCUT2D eigenvalue weighted by molar-refractivity contribution is 0.0528. The maximum Gasteiger partial charge on any atom is 0.407 e. The Hall–Kier alpha value is -2.88. The Labute approximate surface area is 153 Å². The van der Waals surface area contributed by atoms with Gasteiger partial charge in [0.05, 0.1) is 0 Å². The van der Waals surface area contributed by atoms with E-state index in [0.29, 0.717) is 13.0 Å². The number of amides is 1. The third kappa shape index (κ3) is 4.02. The molecule has 1 amide bonds. The van der Waals surface area contributed by atoms with Gasteiger partial charge in [-0.25, -0.2) is 4.79 Å². The van der Waals surface area contributed by atoms with Gasteiger partial charge in [0.15, 0.2) is 5.78 Å². The van der Waals surface area contributed by atoms with Crippen molar-refractivity contribution in [3.8, 4) is 11.1 Å². The third-order valence-electron chi connectivity index (χ3n) is 4.04. The molecule has 0 spiro atoms. The first-order chi connectivity index (χ1) is 12.3. The van der Waals surface area contributed by atoms with Crippen LogP contribution in [0.5, 0.6) is 0 Å². The van der Waals surface area contributed by atoms with Crippen LogP contribution in [0.15, 0.2) is 48.5 Å². The van der Waals surface area contributed by atoms with Gasteiger partial charge in [0, 0.05) is 17.7 Å². The van der Waals surface area contributed by atoms with E-state index in [2.05, 4.69) is 5.32 Å². The normalized spacial score (nSPS) is 12.8. The summed E-state index contributed by atoms with van der Waals surface area (Å²) in [5.41, 5.74) is 4.00. The molecule has 26 heavy (non-hydrogen) atoms. The molecule has 0 heterocycles. The summed E-state index contributed by atoms with van der Waals surface area (Å²) in [6, 6.07) is 13.6. The van der Waals surface area contributed by atoms with Crippen molar-refractivity contribution in [1.29, 1.82) is 0 Å². The van der Waals surface area contributed by atoms with E-state index in [-0.39, 0.29) is 5.78 Å². The molecule has 134 valence electrons. The molecule has 1 aliphatic rings. The van der Waals surface area contributed by atoms with Gasteiger partial charge in [-0.05, 0) is 49.9 Å². The van der Waals surface area contributed by atoms with E-state index in [9.17, 15) is 9.59 Å². The SMILES string of the molecule is CC(C)(C)OC(=O)NCCC=Cc1ccc2c(c1)C(=O)c1ccccc1-2. The molecule has 0 saturated heterocycles. The predicted octanol–water partition coefficient (Wildman–Crippen LogP) is 4.83. The van der Waals surface area contributed by atoms with Crippen molar-refractivity contribution in [2.75, 3.05) is 6.54 Å². The van der Waals surface area contributed by atoms with Gasteiger partial charge < -0.3 is 10.1 Å². The van der Waals surface area contributed by atoms with Crippen LogP contribution in [0.3, 0.4) is 0 Å². The van der Waals surface area contributed by atoms with Crippen LogP contribution in [-0.4, -0.2) is 24.0 Å². The number of rotatable bonds is 4. The Balaban J connectivity index is 1.58. The minimum absolute atomic E-state index is 0.0810. The largest absolute Gasteiger partial charge is 0.444 e. The number of carbonyl (C=O) groups excluding carboxylic acids is 2. The highest BCUT2D eigenvalue weighted by Gasteiger charge is 2.25. The van der Waals surface area contributed by atoms with Crippen LogP contribution in [0.4, 0.5) is 4.79 Å². The summed E-state index contributed by atoms with van der Waals surface area (Å²) in [5, 5.41) is 2.72. The van der Waals surface area contributed by atoms with E-state index >= 15 is 0 Å². The van der Waals surface area contributed by atoms with E-state index in [4.69, 9.17) is 4.74 Å². The van der Waals surface area contributed by atoms with Crippen LogP contribution in [0.1, 0.15) is 48.7 Å². The maximum absolute atomic E-state index is 12.5. The lowest BCUT2D eigenvalue weighted by Crippen LogP contribution is -2.32. The van der Waals surface area contributed by atoms with E-state index in [0.717, 1.165) is 27.8 Å². The zero-order valence-electron chi connectivity index (χ0n) is 15.3. The standard InChI is InChI=1S/C22H23NO3/c1-22(2,3)26-21(25)23-13-7-6-8-15-11-12-17-16-9-4-5-10-18(16)20(24)19(17)14-15/h4-6,8-12,14H,7,13H2,1-3H3,(H,23,25). The Morgan fingerprint density at radius 2 is 1.73 bits per heavy atom. The minimum Gasteiger partial charge on any atom is -0.444 e. The molecular formula is C22H23NO3. The van der Waals surface area contributed by atoms with E-state index in [1.165, 1.54) is 0 Å². The number of hydrogen-bond acceptors (Lipinski definition) is 3. The number of ether oxygens (including phenoxy) is 1. The molecule has 0 bridgehead atoms. The van der Waals surface area contributed by atoms with Gasteiger partial charge in [-0.3, -0.25) is 4.79 Å². The van der Waals surface area contributed by atoms with Crippen molar-refractivity contribution in [3.63, 3.8) is 0 Å². The van der Waals surface area contributed by atoms with Gasteiger partial charge >= 0.3 is 6.09 Å². The summed E-state index contributed by atoms with van der Waals surface area (Å²) >= 11 is 0. The van der Waals surface area contributed by atoms with E-state index in [1.54, 1.807) is 0 Å². The van der Waals surface area contributed by atoms with Crippen molar-refractivity contribution < 1.29 is 14.3 Å². The highest BCUT2D eigenvalue weighted by molar-refractivity contribution is 6.21. The molecule has 1 aliphatic carbocycles. The highest BCUT2D eigenvalue weighted by atomic mass is 16.6. The number of alkyl carbamates (subject to hydrolysis) is 1. The zero-order chi connectivity index (χ0) is 18.7. The Morgan fingerprint density at radius 1 is 1.04 bits per heavy atom. The summed E-state index contributed by atoms with van der Waals surface area (Å²) in [5.74, 6) is 0.0810. The molecule has 2 aromatic carbocycles. The molecule has 0 unspecified atom stereocenters. The fourth-order valence-corrected chi connectivity index (χ4v) is 2.94. The zero-order valence-corrected chi connectivity index (χ0v) is 15.3. The molecule has 0 fully saturated rings. The fourth-order valence-electron chi connectivity index (χ4n) is 2.94. The van der Waals surface area contributed by atoms with Gasteiger partial charge in [-0.15, -0.1) is 0 Å². The first kappa shape index (κ1) is 17.9. The minimum atomic E-state index is -0.492. The molecule has 0 saturated carbocycles. The number of carbonyl (C=O) groups is 2. The molecule has 4 heteroatoms. The van der Waals surface area contributed by atoms with E-state index in [1.807, 2.05) is 75.4 Å². The summed E-state index contributed by atoms with van der Waals surface area (Å²) < 4.78 is 5.18. The van der Waals surface area contributed by atoms with Crippen molar-refractivity contribution in [2.45, 2.75) is 32.8 Å². The van der Waals surface area contributed by atoms with Gasteiger partial charge in [0.25, 0.3) is 0 Å². The first-order valence-corrected chi connectivity index (χ1v) is 8.77. The summed E-state index contributed by atoms with van der Waals surface area (Å²) in [6.45, 7) is 6.00. The monoisotopic (exact) mass is 349 g/mol. The van der Waals surface area contributed by atoms with Crippen molar-refractivity contribution >= 4 is 18.0 Å². The molecule has 0 aromatic heterocycles. The number of nitrogens with one attached hydrogen (secondary N) is 1. The van der Waals surface area contributed by atoms with Crippen molar-refractivity contribution in [1.82, 2.24) is 5.32 Å². The Morgan fingerprint density at radius 3 is 2.46 bits per heavy atom. The van der Waals surface area contributed by atoms with Gasteiger partial charge in [-0.1, -0.05) is 48.6 Å². The topological polar surface area (TPSA) is 55.4 Å². The summed E-state index contributed by atoms with van der Waals surface area (Å²) in [7, 11) is 0. The smallest absolute Gasteiger partial charge is 0.407 e. The third-order valence-corrected chi connectivity index (χ3v) is 4.04. The van der Waals surface area contributed by atoms with Crippen LogP contribution in [-0.2, 0) is 4.74 Å². The van der Waals surface area contributed by atoms with Crippen LogP contribution in [0.25, 0.3) is 17.2 Å². The van der Waals surface area contributed by atoms with E-state index < -0.39 is 11.7 Å². The van der Waals surface area contributed by atoms with Gasteiger partial charge in [0.1, 0.15) is 5.60 Å². The molecule has 1 N–H and O–H groups in total. The number of fused-ring (bicyclic) bond motifs is 3. The van der Waals surface area contributed by atoms with Gasteiger partial charge in [-0.2, -0.15) is 0 Å². The second kappa shape index (κ2) is 7.16. The lowest BCUT2D eigenvalue weighted by Gasteiger charge is -2.19. The van der Waals surface area contributed by atoms with Crippen molar-refractivity contribution in [2.24, 2.45) is 0 Å². The highest BCUT2D eigenvalue weighted by Crippen LogP contribution is 2.36. The Bertz CT molecular complexity index is 875. The maximum atomic E-state index is 12.5. The second-order valence-electron chi connectivity index (χ2n) is 7.30. The average Bonchev–Trinajstić information content (AvgIpc) is 2.86. The first-order valence-electron chi connectivity index (χ1n) is 8.77. The van der Waals surface area contributed by atoms with Crippen molar-refractivity contribution in [3.05, 3.63) is 65.2 Å². The molecule has 3 rings (SSSR count). The van der Waals surface area contributed by atoms with Gasteiger partial charge in [0.2, 0.25) is 0 Å². The number of hydrogen-bond donors (Lipinski definition) is 1. The van der Waals surface area contributed by atoms with Crippen LogP contribution in [0.2, 0.25) is 0 Å². The fraction of sp³-hybridized carbons (Fsp3) is 0.273. The molecule has 0 radical (unpaired) electrons. The second-order valence-corrected chi connectivity index (χ2v) is 7.30. The molecular weight excluding hydrogens is 326 g/mol. The molecule has 2 aromatic rings. The lowest BCUT2D eigenvalue weighted by atomic mass is 10.0. The van der Waals surface area contributed by atoms with Crippen LogP contribution < -0.4 is 5.32 Å². The summed E-state index contributed by atoms with van der Waals surface area (Å²) in [6.07, 6.45) is 4.22. The number of ketones is 1. The average molecular weight is 349 g/mol. The predicted molar refractivity (Wildman–Crippen MR) is 103 cm³/mol. The Kier molecular flexibility index (Phi) is 4.94. The number of benzene rings is 2. The molecule has 0 aliphatic heterocycles. The molecule has 0 atom stereocenters.